The van der Waals surface area contributed by atoms with Crippen molar-refractivity contribution in [3.63, 3.8) is 0 Å². The van der Waals surface area contributed by atoms with Gasteiger partial charge in [0.05, 0.1) is 23.8 Å². The Morgan fingerprint density at radius 3 is 1.48 bits per heavy atom. The van der Waals surface area contributed by atoms with E-state index < -0.39 is 0 Å². The summed E-state index contributed by atoms with van der Waals surface area (Å²) in [4.78, 5) is 31.3. The molecule has 27 heavy (non-hydrogen) atoms. The zero-order valence-corrected chi connectivity index (χ0v) is 18.9. The van der Waals surface area contributed by atoms with E-state index >= 15 is 0 Å². The number of aryl methyl sites for hydroxylation is 4. The van der Waals surface area contributed by atoms with Crippen molar-refractivity contribution in [2.75, 3.05) is 0 Å². The number of carbonyl (C=O) groups excluding carboxylic acids is 2. The maximum Gasteiger partial charge on any atom is 1.00 e. The van der Waals surface area contributed by atoms with E-state index in [2.05, 4.69) is 20.2 Å². The first-order valence-corrected chi connectivity index (χ1v) is 7.67. The Balaban J connectivity index is 0.00000121. The van der Waals surface area contributed by atoms with Gasteiger partial charge in [0.15, 0.2) is 0 Å². The maximum atomic E-state index is 11.0. The average molecular weight is 385 g/mol. The monoisotopic (exact) mass is 385 g/mol. The standard InChI is InChI=1S/C18H12N4O2.2CH3.K/c23-9-13-5-17-18(6-14(13)10-24)22-16-4-2-12-8-20-19-7-11(12)1-3-15(16)21-17;;;/h5-8H,1-4H2;2*1H3;/q-2;2*-1;+1. The number of nitrogens with zero attached hydrogens (tertiary/aromatic N) is 4. The predicted octanol–water partition coefficient (Wildman–Crippen LogP) is -0.876. The predicted molar refractivity (Wildman–Crippen MR) is 98.8 cm³/mol. The van der Waals surface area contributed by atoms with Crippen molar-refractivity contribution < 1.29 is 61.0 Å². The molecule has 1 aliphatic rings. The molecule has 7 heteroatoms. The third-order valence-corrected chi connectivity index (χ3v) is 4.35. The van der Waals surface area contributed by atoms with Crippen LogP contribution in [0.2, 0.25) is 0 Å². The third-order valence-electron chi connectivity index (χ3n) is 4.35. The van der Waals surface area contributed by atoms with Gasteiger partial charge in [0.25, 0.3) is 0 Å². The number of hydrogen-bond acceptors (Lipinski definition) is 6. The molecule has 0 amide bonds. The molecular weight excluding hydrogens is 367 g/mol. The Bertz CT molecular complexity index is 898. The molecule has 0 saturated carbocycles. The minimum atomic E-state index is 0. The third kappa shape index (κ3) is 4.73. The van der Waals surface area contributed by atoms with Gasteiger partial charge >= 0.3 is 51.4 Å². The van der Waals surface area contributed by atoms with Gasteiger partial charge < -0.3 is 24.4 Å². The molecule has 2 aromatic heterocycles. The van der Waals surface area contributed by atoms with Gasteiger partial charge in [0, 0.05) is 11.0 Å². The molecule has 2 heterocycles. The van der Waals surface area contributed by atoms with E-state index in [1.165, 1.54) is 11.1 Å². The van der Waals surface area contributed by atoms with Crippen molar-refractivity contribution in [3.05, 3.63) is 73.0 Å². The summed E-state index contributed by atoms with van der Waals surface area (Å²) in [6, 6.07) is 3.10. The first-order valence-electron chi connectivity index (χ1n) is 7.67. The summed E-state index contributed by atoms with van der Waals surface area (Å²) in [5, 5.41) is 7.90. The molecule has 0 saturated heterocycles. The molecule has 1 aromatic carbocycles. The van der Waals surface area contributed by atoms with Crippen LogP contribution < -0.4 is 51.4 Å². The molecule has 0 unspecified atom stereocenters. The zero-order chi connectivity index (χ0) is 16.5. The Kier molecular flexibility index (Phi) is 8.97. The van der Waals surface area contributed by atoms with Crippen LogP contribution in [-0.2, 0) is 35.3 Å². The van der Waals surface area contributed by atoms with Crippen molar-refractivity contribution in [2.45, 2.75) is 25.7 Å². The largest absolute Gasteiger partial charge is 1.00 e. The molecule has 0 N–H and O–H groups in total. The van der Waals surface area contributed by atoms with Gasteiger partial charge in [-0.2, -0.15) is 22.3 Å². The molecule has 3 aromatic rings. The molecular formula is C20H18KN4O2-3. The van der Waals surface area contributed by atoms with Gasteiger partial charge in [0.2, 0.25) is 0 Å². The quantitative estimate of drug-likeness (QED) is 0.421. The molecule has 4 rings (SSSR count). The van der Waals surface area contributed by atoms with E-state index in [0.29, 0.717) is 11.0 Å². The Labute approximate surface area is 201 Å². The van der Waals surface area contributed by atoms with Crippen LogP contribution in [0.4, 0.5) is 0 Å². The summed E-state index contributed by atoms with van der Waals surface area (Å²) < 4.78 is 0. The van der Waals surface area contributed by atoms with E-state index in [0.717, 1.165) is 37.1 Å². The Hall–Kier alpha value is -1.38. The van der Waals surface area contributed by atoms with Crippen LogP contribution in [-0.4, -0.2) is 32.7 Å². The summed E-state index contributed by atoms with van der Waals surface area (Å²) in [5.74, 6) is 0. The summed E-state index contributed by atoms with van der Waals surface area (Å²) in [6.45, 7) is 0. The van der Waals surface area contributed by atoms with Crippen LogP contribution in [0.25, 0.3) is 11.0 Å². The summed E-state index contributed by atoms with van der Waals surface area (Å²) >= 11 is 0. The number of rotatable bonds is 2. The van der Waals surface area contributed by atoms with Gasteiger partial charge in [-0.05, 0) is 49.4 Å². The minimum absolute atomic E-state index is 0. The van der Waals surface area contributed by atoms with Crippen molar-refractivity contribution in [2.24, 2.45) is 0 Å². The number of aromatic nitrogens is 4. The second-order valence-electron chi connectivity index (χ2n) is 5.75. The van der Waals surface area contributed by atoms with Crippen molar-refractivity contribution in [1.82, 2.24) is 20.2 Å². The van der Waals surface area contributed by atoms with Gasteiger partial charge in [0.1, 0.15) is 0 Å². The fourth-order valence-electron chi connectivity index (χ4n) is 3.07. The van der Waals surface area contributed by atoms with Crippen LogP contribution in [0.1, 0.15) is 33.6 Å². The summed E-state index contributed by atoms with van der Waals surface area (Å²) in [5.41, 5.74) is 5.74. The molecule has 0 radical (unpaired) electrons. The number of hydrogen-bond donors (Lipinski definition) is 0. The number of fused-ring (bicyclic) bond motifs is 3. The van der Waals surface area contributed by atoms with Crippen LogP contribution in [0.5, 0.6) is 0 Å². The van der Waals surface area contributed by atoms with Gasteiger partial charge in [-0.1, -0.05) is 0 Å². The first kappa shape index (κ1) is 23.7. The van der Waals surface area contributed by atoms with E-state index in [9.17, 15) is 9.59 Å². The fourth-order valence-corrected chi connectivity index (χ4v) is 3.07. The molecule has 0 atom stereocenters. The molecule has 0 aliphatic heterocycles. The van der Waals surface area contributed by atoms with Gasteiger partial charge in [-0.25, -0.2) is 0 Å². The Morgan fingerprint density at radius 2 is 1.11 bits per heavy atom. The van der Waals surface area contributed by atoms with Gasteiger partial charge in [-0.3, -0.25) is 21.1 Å². The fraction of sp³-hybridized carbons (Fsp3) is 0.200. The molecule has 0 fully saturated rings. The molecule has 1 aliphatic carbocycles. The normalized spacial score (nSPS) is 12.0. The smallest absolute Gasteiger partial charge is 0.391 e. The van der Waals surface area contributed by atoms with Crippen molar-refractivity contribution >= 4 is 23.6 Å². The molecule has 6 nitrogen and oxygen atoms in total. The van der Waals surface area contributed by atoms with E-state index in [-0.39, 0.29) is 77.4 Å². The van der Waals surface area contributed by atoms with E-state index in [1.807, 2.05) is 0 Å². The minimum Gasteiger partial charge on any atom is -0.391 e. The molecule has 0 bridgehead atoms. The SMILES string of the molecule is O=[C-]c1cc2nc3c(nc2cc1[C-]=O)CCc1cnncc1CC3.[CH3-].[CH3-].[K+]. The van der Waals surface area contributed by atoms with E-state index in [4.69, 9.17) is 0 Å². The van der Waals surface area contributed by atoms with Crippen molar-refractivity contribution in [1.29, 1.82) is 0 Å². The topological polar surface area (TPSA) is 85.7 Å². The van der Waals surface area contributed by atoms with Crippen LogP contribution in [0.15, 0.2) is 24.5 Å². The zero-order valence-electron chi connectivity index (χ0n) is 15.7. The first-order chi connectivity index (χ1) is 11.8. The second-order valence-corrected chi connectivity index (χ2v) is 5.75. The Morgan fingerprint density at radius 1 is 0.704 bits per heavy atom. The van der Waals surface area contributed by atoms with Crippen LogP contribution >= 0.6 is 0 Å². The average Bonchev–Trinajstić information content (AvgIpc) is 2.62. The maximum absolute atomic E-state index is 11.0. The number of benzene rings is 1. The van der Waals surface area contributed by atoms with Crippen molar-refractivity contribution in [3.8, 4) is 0 Å². The summed E-state index contributed by atoms with van der Waals surface area (Å²) in [7, 11) is 0. The van der Waals surface area contributed by atoms with Crippen LogP contribution in [0.3, 0.4) is 0 Å². The van der Waals surface area contributed by atoms with E-state index in [1.54, 1.807) is 37.1 Å². The van der Waals surface area contributed by atoms with Gasteiger partial charge in [-0.15, -0.1) is 0 Å². The second kappa shape index (κ2) is 10.2. The van der Waals surface area contributed by atoms with Crippen LogP contribution in [0, 0.1) is 14.9 Å². The molecule has 134 valence electrons. The summed E-state index contributed by atoms with van der Waals surface area (Å²) in [6.07, 6.45) is 10.3. The molecule has 0 spiro atoms.